The van der Waals surface area contributed by atoms with Gasteiger partial charge < -0.3 is 5.11 Å². The van der Waals surface area contributed by atoms with Crippen molar-refractivity contribution >= 4 is 0 Å². The molecule has 1 fully saturated rings. The molecule has 11 heavy (non-hydrogen) atoms. The lowest BCUT2D eigenvalue weighted by molar-refractivity contribution is 0.139. The van der Waals surface area contributed by atoms with Crippen LogP contribution in [-0.4, -0.2) is 19.9 Å². The topological polar surface area (TPSA) is 50.9 Å². The zero-order valence-corrected chi connectivity index (χ0v) is 6.44. The summed E-state index contributed by atoms with van der Waals surface area (Å²) in [6, 6.07) is 0. The Morgan fingerprint density at radius 1 is 1.73 bits per heavy atom. The molecule has 1 N–H and O–H groups in total. The first-order valence-electron chi connectivity index (χ1n) is 3.81. The van der Waals surface area contributed by atoms with Gasteiger partial charge >= 0.3 is 0 Å². The first kappa shape index (κ1) is 6.79. The van der Waals surface area contributed by atoms with Crippen molar-refractivity contribution in [2.24, 2.45) is 13.0 Å². The van der Waals surface area contributed by atoms with Crippen LogP contribution in [0, 0.1) is 5.92 Å². The molecule has 1 aromatic rings. The Morgan fingerprint density at radius 2 is 2.45 bits per heavy atom. The predicted molar refractivity (Wildman–Crippen MR) is 38.7 cm³/mol. The van der Waals surface area contributed by atoms with Crippen molar-refractivity contribution in [2.45, 2.75) is 18.9 Å². The maximum absolute atomic E-state index is 9.61. The Hall–Kier alpha value is -0.900. The molecule has 1 aliphatic rings. The standard InChI is InChI=1S/C7H11N3O/c1-10-7(8-4-9-10)6(11)5-2-3-5/h4-6,11H,2-3H2,1H3. The Bertz CT molecular complexity index is 254. The number of aliphatic hydroxyl groups is 1. The first-order chi connectivity index (χ1) is 5.29. The van der Waals surface area contributed by atoms with Crippen molar-refractivity contribution in [2.75, 3.05) is 0 Å². The molecule has 1 atom stereocenters. The summed E-state index contributed by atoms with van der Waals surface area (Å²) in [7, 11) is 1.80. The number of aryl methyl sites for hydroxylation is 1. The van der Waals surface area contributed by atoms with Crippen LogP contribution in [0.1, 0.15) is 24.8 Å². The van der Waals surface area contributed by atoms with E-state index in [0.29, 0.717) is 11.7 Å². The minimum absolute atomic E-state index is 0.400. The van der Waals surface area contributed by atoms with Crippen molar-refractivity contribution in [3.63, 3.8) is 0 Å². The monoisotopic (exact) mass is 153 g/mol. The van der Waals surface area contributed by atoms with Gasteiger partial charge in [0.15, 0.2) is 5.82 Å². The third kappa shape index (κ3) is 1.14. The minimum Gasteiger partial charge on any atom is -0.385 e. The van der Waals surface area contributed by atoms with E-state index in [4.69, 9.17) is 0 Å². The summed E-state index contributed by atoms with van der Waals surface area (Å²) >= 11 is 0. The number of hydrogen-bond acceptors (Lipinski definition) is 3. The first-order valence-corrected chi connectivity index (χ1v) is 3.81. The summed E-state index contributed by atoms with van der Waals surface area (Å²) in [6.45, 7) is 0. The average Bonchev–Trinajstić information content (AvgIpc) is 2.74. The molecule has 4 nitrogen and oxygen atoms in total. The van der Waals surface area contributed by atoms with Crippen LogP contribution in [0.15, 0.2) is 6.33 Å². The van der Waals surface area contributed by atoms with Crippen LogP contribution in [0.3, 0.4) is 0 Å². The maximum atomic E-state index is 9.61. The lowest BCUT2D eigenvalue weighted by Gasteiger charge is -2.06. The summed E-state index contributed by atoms with van der Waals surface area (Å²) < 4.78 is 1.63. The third-order valence-corrected chi connectivity index (χ3v) is 2.08. The van der Waals surface area contributed by atoms with Crippen molar-refractivity contribution in [3.05, 3.63) is 12.2 Å². The Balaban J connectivity index is 2.20. The van der Waals surface area contributed by atoms with Gasteiger partial charge in [0.1, 0.15) is 12.4 Å². The molecule has 1 aromatic heterocycles. The zero-order valence-electron chi connectivity index (χ0n) is 6.44. The second-order valence-corrected chi connectivity index (χ2v) is 3.02. The zero-order chi connectivity index (χ0) is 7.84. The smallest absolute Gasteiger partial charge is 0.155 e. The van der Waals surface area contributed by atoms with Gasteiger partial charge in [-0.2, -0.15) is 5.10 Å². The van der Waals surface area contributed by atoms with Crippen LogP contribution >= 0.6 is 0 Å². The number of nitrogens with zero attached hydrogens (tertiary/aromatic N) is 3. The molecule has 0 bridgehead atoms. The summed E-state index contributed by atoms with van der Waals surface area (Å²) in [6.07, 6.45) is 3.31. The predicted octanol–water partition coefficient (Wildman–Crippen LogP) is 0.259. The van der Waals surface area contributed by atoms with Crippen LogP contribution in [0.2, 0.25) is 0 Å². The number of rotatable bonds is 2. The highest BCUT2D eigenvalue weighted by molar-refractivity contribution is 4.96. The summed E-state index contributed by atoms with van der Waals surface area (Å²) in [4.78, 5) is 3.98. The molecular weight excluding hydrogens is 142 g/mol. The van der Waals surface area contributed by atoms with Crippen LogP contribution in [0.25, 0.3) is 0 Å². The maximum Gasteiger partial charge on any atom is 0.155 e. The van der Waals surface area contributed by atoms with E-state index in [2.05, 4.69) is 10.1 Å². The molecule has 1 aliphatic carbocycles. The van der Waals surface area contributed by atoms with E-state index in [1.165, 1.54) is 6.33 Å². The van der Waals surface area contributed by atoms with Crippen molar-refractivity contribution in [1.29, 1.82) is 0 Å². The largest absolute Gasteiger partial charge is 0.385 e. The summed E-state index contributed by atoms with van der Waals surface area (Å²) in [5.41, 5.74) is 0. The van der Waals surface area contributed by atoms with Gasteiger partial charge in [0.2, 0.25) is 0 Å². The van der Waals surface area contributed by atoms with Gasteiger partial charge in [-0.15, -0.1) is 0 Å². The van der Waals surface area contributed by atoms with E-state index in [1.54, 1.807) is 11.7 Å². The highest BCUT2D eigenvalue weighted by atomic mass is 16.3. The molecule has 0 radical (unpaired) electrons. The lowest BCUT2D eigenvalue weighted by atomic mass is 10.2. The van der Waals surface area contributed by atoms with Gasteiger partial charge in [-0.1, -0.05) is 0 Å². The van der Waals surface area contributed by atoms with E-state index in [1.807, 2.05) is 0 Å². The highest BCUT2D eigenvalue weighted by Gasteiger charge is 2.33. The normalized spacial score (nSPS) is 20.2. The Labute approximate surface area is 64.9 Å². The van der Waals surface area contributed by atoms with E-state index >= 15 is 0 Å². The van der Waals surface area contributed by atoms with Gasteiger partial charge in [-0.05, 0) is 18.8 Å². The van der Waals surface area contributed by atoms with Gasteiger partial charge in [-0.3, -0.25) is 4.68 Å². The fourth-order valence-corrected chi connectivity index (χ4v) is 1.20. The van der Waals surface area contributed by atoms with Crippen molar-refractivity contribution in [1.82, 2.24) is 14.8 Å². The molecule has 60 valence electrons. The van der Waals surface area contributed by atoms with Gasteiger partial charge in [0.25, 0.3) is 0 Å². The molecule has 0 aromatic carbocycles. The van der Waals surface area contributed by atoms with Crippen LogP contribution in [0.4, 0.5) is 0 Å². The van der Waals surface area contributed by atoms with Crippen molar-refractivity contribution in [3.8, 4) is 0 Å². The molecule has 0 spiro atoms. The molecule has 1 unspecified atom stereocenters. The number of aliphatic hydroxyl groups excluding tert-OH is 1. The average molecular weight is 153 g/mol. The molecule has 1 saturated carbocycles. The number of aromatic nitrogens is 3. The quantitative estimate of drug-likeness (QED) is 0.663. The van der Waals surface area contributed by atoms with Crippen LogP contribution in [0.5, 0.6) is 0 Å². The Morgan fingerprint density at radius 3 is 2.91 bits per heavy atom. The fourth-order valence-electron chi connectivity index (χ4n) is 1.20. The van der Waals surface area contributed by atoms with Crippen LogP contribution in [-0.2, 0) is 7.05 Å². The summed E-state index contributed by atoms with van der Waals surface area (Å²) in [5, 5.41) is 13.5. The number of hydrogen-bond donors (Lipinski definition) is 1. The van der Waals surface area contributed by atoms with E-state index in [-0.39, 0.29) is 0 Å². The summed E-state index contributed by atoms with van der Waals surface area (Å²) in [5.74, 6) is 1.12. The highest BCUT2D eigenvalue weighted by Crippen LogP contribution is 2.39. The van der Waals surface area contributed by atoms with Crippen LogP contribution < -0.4 is 0 Å². The fraction of sp³-hybridized carbons (Fsp3) is 0.714. The Kier molecular flexibility index (Phi) is 1.42. The van der Waals surface area contributed by atoms with Gasteiger partial charge in [0, 0.05) is 7.05 Å². The van der Waals surface area contributed by atoms with E-state index in [0.717, 1.165) is 12.8 Å². The molecular formula is C7H11N3O. The molecule has 0 amide bonds. The SMILES string of the molecule is Cn1ncnc1C(O)C1CC1. The molecule has 2 rings (SSSR count). The molecule has 1 heterocycles. The van der Waals surface area contributed by atoms with Gasteiger partial charge in [0.05, 0.1) is 0 Å². The second kappa shape index (κ2) is 2.30. The molecule has 4 heteroatoms. The van der Waals surface area contributed by atoms with E-state index < -0.39 is 6.10 Å². The second-order valence-electron chi connectivity index (χ2n) is 3.02. The van der Waals surface area contributed by atoms with Crippen molar-refractivity contribution < 1.29 is 5.11 Å². The van der Waals surface area contributed by atoms with E-state index in [9.17, 15) is 5.11 Å². The third-order valence-electron chi connectivity index (χ3n) is 2.08. The lowest BCUT2D eigenvalue weighted by Crippen LogP contribution is -2.08. The minimum atomic E-state index is -0.400. The van der Waals surface area contributed by atoms with Gasteiger partial charge in [-0.25, -0.2) is 4.98 Å². The molecule has 0 saturated heterocycles. The molecule has 0 aliphatic heterocycles.